The van der Waals surface area contributed by atoms with Crippen LogP contribution in [-0.4, -0.2) is 18.4 Å². The second-order valence-electron chi connectivity index (χ2n) is 7.56. The van der Waals surface area contributed by atoms with Gasteiger partial charge in [-0.25, -0.2) is 0 Å². The molecule has 0 unspecified atom stereocenters. The normalized spacial score (nSPS) is 10.4. The molecule has 0 aliphatic rings. The van der Waals surface area contributed by atoms with Crippen molar-refractivity contribution in [3.63, 3.8) is 0 Å². The Bertz CT molecular complexity index is 985. The molecular weight excluding hydrogens is 390 g/mol. The zero-order valence-corrected chi connectivity index (χ0v) is 17.7. The summed E-state index contributed by atoms with van der Waals surface area (Å²) in [5, 5.41) is 8.76. The van der Waals surface area contributed by atoms with E-state index in [1.54, 1.807) is 24.3 Å². The van der Waals surface area contributed by atoms with Crippen molar-refractivity contribution >= 4 is 28.9 Å². The maximum absolute atomic E-state index is 12.2. The maximum atomic E-state index is 12.2. The van der Waals surface area contributed by atoms with E-state index in [2.05, 4.69) is 16.0 Å². The first kappa shape index (κ1) is 21.9. The van der Waals surface area contributed by atoms with Gasteiger partial charge in [-0.15, -0.1) is 0 Å². The van der Waals surface area contributed by atoms with Gasteiger partial charge in [0.15, 0.2) is 0 Å². The Kier molecular flexibility index (Phi) is 7.65. The van der Waals surface area contributed by atoms with Crippen LogP contribution in [0.15, 0.2) is 78.9 Å². The third-order valence-electron chi connectivity index (χ3n) is 4.33. The zero-order valence-electron chi connectivity index (χ0n) is 17.7. The van der Waals surface area contributed by atoms with Crippen LogP contribution < -0.4 is 20.7 Å². The molecule has 0 heterocycles. The molecule has 160 valence electrons. The summed E-state index contributed by atoms with van der Waals surface area (Å²) >= 11 is 0. The molecule has 6 nitrogen and oxygen atoms in total. The maximum Gasteiger partial charge on any atom is 0.243 e. The lowest BCUT2D eigenvalue weighted by Gasteiger charge is -2.10. The Morgan fingerprint density at radius 3 is 1.81 bits per heavy atom. The number of ether oxygens (including phenoxy) is 1. The van der Waals surface area contributed by atoms with Crippen LogP contribution in [0, 0.1) is 5.92 Å². The minimum atomic E-state index is -0.166. The fraction of sp³-hybridized carbons (Fsp3) is 0.200. The Hall–Kier alpha value is -3.80. The van der Waals surface area contributed by atoms with Crippen molar-refractivity contribution in [2.75, 3.05) is 22.5 Å². The van der Waals surface area contributed by atoms with Gasteiger partial charge < -0.3 is 20.7 Å². The van der Waals surface area contributed by atoms with Crippen LogP contribution in [0.1, 0.15) is 20.3 Å². The molecule has 0 saturated heterocycles. The summed E-state index contributed by atoms with van der Waals surface area (Å²) in [5.74, 6) is 1.62. The molecule has 0 aromatic heterocycles. The number of para-hydroxylation sites is 1. The van der Waals surface area contributed by atoms with Crippen LogP contribution in [-0.2, 0) is 9.59 Å². The Balaban J connectivity index is 1.44. The first-order chi connectivity index (χ1) is 15.0. The SMILES string of the molecule is CC(C)CC(=O)Nc1ccc(NC(=O)CNc2ccc(Oc3ccccc3)cc2)cc1. The third-order valence-corrected chi connectivity index (χ3v) is 4.33. The molecule has 3 aromatic rings. The quantitative estimate of drug-likeness (QED) is 0.429. The highest BCUT2D eigenvalue weighted by atomic mass is 16.5. The largest absolute Gasteiger partial charge is 0.457 e. The summed E-state index contributed by atoms with van der Waals surface area (Å²) in [6.07, 6.45) is 0.476. The number of benzene rings is 3. The summed E-state index contributed by atoms with van der Waals surface area (Å²) < 4.78 is 5.76. The number of anilines is 3. The van der Waals surface area contributed by atoms with Crippen LogP contribution in [0.25, 0.3) is 0 Å². The van der Waals surface area contributed by atoms with Crippen LogP contribution in [0.2, 0.25) is 0 Å². The lowest BCUT2D eigenvalue weighted by molar-refractivity contribution is -0.117. The fourth-order valence-corrected chi connectivity index (χ4v) is 2.87. The van der Waals surface area contributed by atoms with Crippen molar-refractivity contribution in [1.29, 1.82) is 0 Å². The van der Waals surface area contributed by atoms with Crippen molar-refractivity contribution in [2.24, 2.45) is 5.92 Å². The van der Waals surface area contributed by atoms with Gasteiger partial charge in [-0.2, -0.15) is 0 Å². The summed E-state index contributed by atoms with van der Waals surface area (Å²) in [6.45, 7) is 4.13. The summed E-state index contributed by atoms with van der Waals surface area (Å²) in [7, 11) is 0. The molecule has 0 atom stereocenters. The number of hydrogen-bond acceptors (Lipinski definition) is 4. The molecule has 0 aliphatic carbocycles. The van der Waals surface area contributed by atoms with Crippen LogP contribution >= 0.6 is 0 Å². The highest BCUT2D eigenvalue weighted by molar-refractivity contribution is 5.94. The number of hydrogen-bond donors (Lipinski definition) is 3. The molecular formula is C25H27N3O3. The van der Waals surface area contributed by atoms with Crippen molar-refractivity contribution in [3.8, 4) is 11.5 Å². The summed E-state index contributed by atoms with van der Waals surface area (Å²) in [4.78, 5) is 24.0. The fourth-order valence-electron chi connectivity index (χ4n) is 2.87. The van der Waals surface area contributed by atoms with Crippen molar-refractivity contribution in [2.45, 2.75) is 20.3 Å². The van der Waals surface area contributed by atoms with Crippen molar-refractivity contribution < 1.29 is 14.3 Å². The first-order valence-electron chi connectivity index (χ1n) is 10.2. The molecule has 6 heteroatoms. The Labute approximate surface area is 182 Å². The highest BCUT2D eigenvalue weighted by Crippen LogP contribution is 2.22. The third kappa shape index (κ3) is 7.51. The second kappa shape index (κ2) is 10.8. The van der Waals surface area contributed by atoms with Gasteiger partial charge in [0.2, 0.25) is 11.8 Å². The van der Waals surface area contributed by atoms with Gasteiger partial charge in [0, 0.05) is 23.5 Å². The predicted molar refractivity (Wildman–Crippen MR) is 125 cm³/mol. The number of nitrogens with one attached hydrogen (secondary N) is 3. The van der Waals surface area contributed by atoms with Gasteiger partial charge in [0.25, 0.3) is 0 Å². The first-order valence-corrected chi connectivity index (χ1v) is 10.2. The smallest absolute Gasteiger partial charge is 0.243 e. The predicted octanol–water partition coefficient (Wildman–Crippen LogP) is 5.51. The molecule has 3 rings (SSSR count). The van der Waals surface area contributed by atoms with Crippen molar-refractivity contribution in [3.05, 3.63) is 78.9 Å². The lowest BCUT2D eigenvalue weighted by atomic mass is 10.1. The molecule has 2 amide bonds. The average molecular weight is 418 g/mol. The van der Waals surface area contributed by atoms with Gasteiger partial charge in [-0.3, -0.25) is 9.59 Å². The number of carbonyl (C=O) groups is 2. The van der Waals surface area contributed by atoms with Crippen LogP contribution in [0.4, 0.5) is 17.1 Å². The molecule has 3 N–H and O–H groups in total. The van der Waals surface area contributed by atoms with E-state index in [1.807, 2.05) is 68.4 Å². The average Bonchev–Trinajstić information content (AvgIpc) is 2.75. The van der Waals surface area contributed by atoms with E-state index in [-0.39, 0.29) is 18.4 Å². The molecule has 0 radical (unpaired) electrons. The molecule has 31 heavy (non-hydrogen) atoms. The number of rotatable bonds is 9. The van der Waals surface area contributed by atoms with Gasteiger partial charge in [0.05, 0.1) is 6.54 Å². The van der Waals surface area contributed by atoms with E-state index >= 15 is 0 Å². The van der Waals surface area contributed by atoms with Crippen LogP contribution in [0.5, 0.6) is 11.5 Å². The lowest BCUT2D eigenvalue weighted by Crippen LogP contribution is -2.21. The zero-order chi connectivity index (χ0) is 22.1. The van der Waals surface area contributed by atoms with E-state index in [4.69, 9.17) is 4.74 Å². The van der Waals surface area contributed by atoms with E-state index in [0.717, 1.165) is 17.2 Å². The van der Waals surface area contributed by atoms with E-state index in [0.29, 0.717) is 23.7 Å². The number of amides is 2. The standard InChI is InChI=1S/C25H27N3O3/c1-18(2)16-24(29)27-20-8-10-21(11-9-20)28-25(30)17-26-19-12-14-23(15-13-19)31-22-6-4-3-5-7-22/h3-15,18,26H,16-17H2,1-2H3,(H,27,29)(H,28,30). The molecule has 0 saturated carbocycles. The molecule has 0 aliphatic heterocycles. The van der Waals surface area contributed by atoms with Gasteiger partial charge in [-0.1, -0.05) is 32.0 Å². The molecule has 0 fully saturated rings. The van der Waals surface area contributed by atoms with E-state index < -0.39 is 0 Å². The molecule has 0 bridgehead atoms. The van der Waals surface area contributed by atoms with Gasteiger partial charge >= 0.3 is 0 Å². The number of carbonyl (C=O) groups excluding carboxylic acids is 2. The van der Waals surface area contributed by atoms with Crippen LogP contribution in [0.3, 0.4) is 0 Å². The summed E-state index contributed by atoms with van der Waals surface area (Å²) in [5.41, 5.74) is 2.19. The molecule has 3 aromatic carbocycles. The topological polar surface area (TPSA) is 79.5 Å². The summed E-state index contributed by atoms with van der Waals surface area (Å²) in [6, 6.07) is 24.0. The van der Waals surface area contributed by atoms with Gasteiger partial charge in [0.1, 0.15) is 11.5 Å². The minimum absolute atomic E-state index is 0.0174. The monoisotopic (exact) mass is 417 g/mol. The van der Waals surface area contributed by atoms with Gasteiger partial charge in [-0.05, 0) is 66.6 Å². The van der Waals surface area contributed by atoms with Crippen molar-refractivity contribution in [1.82, 2.24) is 0 Å². The highest BCUT2D eigenvalue weighted by Gasteiger charge is 2.06. The Morgan fingerprint density at radius 2 is 1.23 bits per heavy atom. The Morgan fingerprint density at radius 1 is 0.710 bits per heavy atom. The minimum Gasteiger partial charge on any atom is -0.457 e. The second-order valence-corrected chi connectivity index (χ2v) is 7.56. The van der Waals surface area contributed by atoms with E-state index in [1.165, 1.54) is 0 Å². The molecule has 0 spiro atoms. The van der Waals surface area contributed by atoms with E-state index in [9.17, 15) is 9.59 Å².